The summed E-state index contributed by atoms with van der Waals surface area (Å²) in [5.74, 6) is 0.778. The fraction of sp³-hybridized carbons (Fsp3) is 0.350. The van der Waals surface area contributed by atoms with Crippen LogP contribution in [0.4, 0.5) is 13.2 Å². The van der Waals surface area contributed by atoms with E-state index in [4.69, 9.17) is 0 Å². The molecule has 1 amide bonds. The van der Waals surface area contributed by atoms with Crippen LogP contribution in [0.2, 0.25) is 0 Å². The van der Waals surface area contributed by atoms with E-state index in [1.165, 1.54) is 24.3 Å². The van der Waals surface area contributed by atoms with Gasteiger partial charge in [0.2, 0.25) is 0 Å². The number of carbonyl (C=O) groups is 1. The van der Waals surface area contributed by atoms with Crippen molar-refractivity contribution in [2.24, 2.45) is 7.05 Å². The number of aromatic nitrogens is 4. The fourth-order valence-corrected chi connectivity index (χ4v) is 3.84. The van der Waals surface area contributed by atoms with Crippen LogP contribution in [-0.2, 0) is 13.2 Å². The number of likely N-dealkylation sites (tertiary alicyclic amines) is 1. The highest BCUT2D eigenvalue weighted by atomic mass is 19.4. The molecule has 0 aliphatic carbocycles. The van der Waals surface area contributed by atoms with E-state index in [-0.39, 0.29) is 28.8 Å². The van der Waals surface area contributed by atoms with Crippen molar-refractivity contribution in [1.82, 2.24) is 24.6 Å². The fourth-order valence-electron chi connectivity index (χ4n) is 3.84. The molecule has 1 aliphatic heterocycles. The van der Waals surface area contributed by atoms with Gasteiger partial charge in [-0.25, -0.2) is 4.98 Å². The summed E-state index contributed by atoms with van der Waals surface area (Å²) >= 11 is 0. The van der Waals surface area contributed by atoms with Gasteiger partial charge in [0.05, 0.1) is 11.3 Å². The van der Waals surface area contributed by atoms with Gasteiger partial charge in [0, 0.05) is 44.0 Å². The highest BCUT2D eigenvalue weighted by Gasteiger charge is 2.34. The molecule has 2 aromatic heterocycles. The normalized spacial score (nSPS) is 17.5. The second kappa shape index (κ2) is 7.38. The molecule has 152 valence electrons. The van der Waals surface area contributed by atoms with Crippen LogP contribution >= 0.6 is 0 Å². The van der Waals surface area contributed by atoms with Crippen molar-refractivity contribution >= 4 is 5.91 Å². The van der Waals surface area contributed by atoms with Crippen LogP contribution in [0.15, 0.2) is 42.7 Å². The Labute approximate surface area is 165 Å². The van der Waals surface area contributed by atoms with Gasteiger partial charge in [-0.05, 0) is 25.0 Å². The first-order valence-electron chi connectivity index (χ1n) is 9.33. The number of rotatable bonds is 3. The Balaban J connectivity index is 1.56. The van der Waals surface area contributed by atoms with Crippen LogP contribution in [-0.4, -0.2) is 43.6 Å². The summed E-state index contributed by atoms with van der Waals surface area (Å²) in [5, 5.41) is 6.58. The van der Waals surface area contributed by atoms with Crippen molar-refractivity contribution in [3.05, 3.63) is 59.8 Å². The molecule has 3 heterocycles. The van der Waals surface area contributed by atoms with Gasteiger partial charge in [0.1, 0.15) is 11.5 Å². The molecule has 1 saturated heterocycles. The van der Waals surface area contributed by atoms with Crippen LogP contribution in [0.1, 0.15) is 40.6 Å². The molecule has 0 bridgehead atoms. The van der Waals surface area contributed by atoms with E-state index in [2.05, 4.69) is 15.2 Å². The van der Waals surface area contributed by atoms with Crippen molar-refractivity contribution in [2.75, 3.05) is 13.1 Å². The minimum atomic E-state index is -4.50. The van der Waals surface area contributed by atoms with E-state index in [1.54, 1.807) is 11.1 Å². The number of nitrogens with zero attached hydrogens (tertiary/aromatic N) is 4. The highest BCUT2D eigenvalue weighted by molar-refractivity contribution is 5.93. The summed E-state index contributed by atoms with van der Waals surface area (Å²) < 4.78 is 41.8. The van der Waals surface area contributed by atoms with Crippen LogP contribution < -0.4 is 0 Å². The summed E-state index contributed by atoms with van der Waals surface area (Å²) in [7, 11) is 1.92. The van der Waals surface area contributed by atoms with Crippen LogP contribution in [0.3, 0.4) is 0 Å². The van der Waals surface area contributed by atoms with E-state index in [9.17, 15) is 18.0 Å². The molecule has 9 heteroatoms. The lowest BCUT2D eigenvalue weighted by Gasteiger charge is -2.32. The number of benzene rings is 1. The van der Waals surface area contributed by atoms with Gasteiger partial charge in [-0.3, -0.25) is 9.89 Å². The molecular formula is C20H20F3N5O. The zero-order valence-corrected chi connectivity index (χ0v) is 15.8. The minimum absolute atomic E-state index is 0.0557. The summed E-state index contributed by atoms with van der Waals surface area (Å²) in [6.07, 6.45) is 0.871. The summed E-state index contributed by atoms with van der Waals surface area (Å²) in [4.78, 5) is 19.0. The maximum absolute atomic E-state index is 13.3. The Morgan fingerprint density at radius 3 is 2.79 bits per heavy atom. The molecule has 1 unspecified atom stereocenters. The van der Waals surface area contributed by atoms with Gasteiger partial charge in [0.25, 0.3) is 5.91 Å². The second-order valence-electron chi connectivity index (χ2n) is 7.20. The van der Waals surface area contributed by atoms with Crippen LogP contribution in [0, 0.1) is 0 Å². The molecule has 29 heavy (non-hydrogen) atoms. The molecule has 1 N–H and O–H groups in total. The molecule has 1 aliphatic rings. The number of aromatic amines is 1. The molecule has 4 rings (SSSR count). The molecule has 0 spiro atoms. The average Bonchev–Trinajstić information content (AvgIpc) is 3.36. The SMILES string of the molecule is Cn1ccnc1C1CCCN(C(=O)c2cc(-c3ccccc3C(F)(F)F)n[nH]2)C1. The van der Waals surface area contributed by atoms with Crippen LogP contribution in [0.25, 0.3) is 11.3 Å². The van der Waals surface area contributed by atoms with E-state index in [1.807, 2.05) is 17.8 Å². The largest absolute Gasteiger partial charge is 0.417 e. The molecular weight excluding hydrogens is 383 g/mol. The number of H-pyrrole nitrogens is 1. The number of halogens is 3. The third kappa shape index (κ3) is 3.76. The number of aryl methyl sites for hydroxylation is 1. The number of hydrogen-bond donors (Lipinski definition) is 1. The molecule has 1 aromatic carbocycles. The number of alkyl halides is 3. The highest BCUT2D eigenvalue weighted by Crippen LogP contribution is 2.36. The lowest BCUT2D eigenvalue weighted by Crippen LogP contribution is -2.39. The standard InChI is InChI=1S/C20H20F3N5O/c1-27-10-8-24-18(27)13-5-4-9-28(12-13)19(29)17-11-16(25-26-17)14-6-2-3-7-15(14)20(21,22)23/h2-3,6-8,10-11,13H,4-5,9,12H2,1H3,(H,25,26). The zero-order chi connectivity index (χ0) is 20.6. The maximum Gasteiger partial charge on any atom is 0.417 e. The maximum atomic E-state index is 13.3. The first-order chi connectivity index (χ1) is 13.8. The average molecular weight is 403 g/mol. The van der Waals surface area contributed by atoms with Gasteiger partial charge in [-0.15, -0.1) is 0 Å². The summed E-state index contributed by atoms with van der Waals surface area (Å²) in [6, 6.07) is 6.59. The van der Waals surface area contributed by atoms with Crippen LogP contribution in [0.5, 0.6) is 0 Å². The van der Waals surface area contributed by atoms with E-state index < -0.39 is 11.7 Å². The zero-order valence-electron chi connectivity index (χ0n) is 15.8. The Morgan fingerprint density at radius 2 is 2.07 bits per heavy atom. The number of imidazole rings is 1. The first-order valence-corrected chi connectivity index (χ1v) is 9.33. The third-order valence-corrected chi connectivity index (χ3v) is 5.25. The lowest BCUT2D eigenvalue weighted by atomic mass is 9.97. The van der Waals surface area contributed by atoms with Crippen molar-refractivity contribution in [1.29, 1.82) is 0 Å². The number of amides is 1. The van der Waals surface area contributed by atoms with Gasteiger partial charge < -0.3 is 9.47 Å². The number of piperidine rings is 1. The number of carbonyl (C=O) groups excluding carboxylic acids is 1. The Hall–Kier alpha value is -3.10. The molecule has 1 fully saturated rings. The molecule has 1 atom stereocenters. The summed E-state index contributed by atoms with van der Waals surface area (Å²) in [6.45, 7) is 1.10. The lowest BCUT2D eigenvalue weighted by molar-refractivity contribution is -0.137. The van der Waals surface area contributed by atoms with Gasteiger partial charge in [-0.2, -0.15) is 18.3 Å². The van der Waals surface area contributed by atoms with E-state index >= 15 is 0 Å². The molecule has 0 saturated carbocycles. The predicted molar refractivity (Wildman–Crippen MR) is 100 cm³/mol. The van der Waals surface area contributed by atoms with Crippen molar-refractivity contribution in [3.63, 3.8) is 0 Å². The third-order valence-electron chi connectivity index (χ3n) is 5.25. The van der Waals surface area contributed by atoms with Gasteiger partial charge in [0.15, 0.2) is 0 Å². The Kier molecular flexibility index (Phi) is 4.89. The summed E-state index contributed by atoms with van der Waals surface area (Å²) in [5.41, 5.74) is -0.561. The first kappa shape index (κ1) is 19.2. The molecule has 3 aromatic rings. The van der Waals surface area contributed by atoms with Gasteiger partial charge in [-0.1, -0.05) is 18.2 Å². The second-order valence-corrected chi connectivity index (χ2v) is 7.20. The van der Waals surface area contributed by atoms with Gasteiger partial charge >= 0.3 is 6.18 Å². The molecule has 6 nitrogen and oxygen atoms in total. The van der Waals surface area contributed by atoms with Crippen molar-refractivity contribution < 1.29 is 18.0 Å². The topological polar surface area (TPSA) is 66.8 Å². The van der Waals surface area contributed by atoms with Crippen molar-refractivity contribution in [2.45, 2.75) is 24.9 Å². The molecule has 0 radical (unpaired) electrons. The van der Waals surface area contributed by atoms with Crippen molar-refractivity contribution in [3.8, 4) is 11.3 Å². The monoisotopic (exact) mass is 403 g/mol. The smallest absolute Gasteiger partial charge is 0.338 e. The van der Waals surface area contributed by atoms with E-state index in [0.29, 0.717) is 13.1 Å². The predicted octanol–water partition coefficient (Wildman–Crippen LogP) is 3.85. The quantitative estimate of drug-likeness (QED) is 0.722. The Bertz CT molecular complexity index is 1020. The Morgan fingerprint density at radius 1 is 1.28 bits per heavy atom. The number of hydrogen-bond acceptors (Lipinski definition) is 3. The number of nitrogens with one attached hydrogen (secondary N) is 1. The van der Waals surface area contributed by atoms with E-state index in [0.717, 1.165) is 24.7 Å². The minimum Gasteiger partial charge on any atom is -0.338 e.